The predicted octanol–water partition coefficient (Wildman–Crippen LogP) is 9.48. The van der Waals surface area contributed by atoms with Crippen LogP contribution in [0, 0.1) is 0 Å². The van der Waals surface area contributed by atoms with Crippen LogP contribution in [0.25, 0.3) is 65.4 Å². The van der Waals surface area contributed by atoms with E-state index in [1.807, 2.05) is 54.6 Å². The third-order valence-corrected chi connectivity index (χ3v) is 6.76. The number of hydrogen-bond donors (Lipinski definition) is 0. The second-order valence-corrected chi connectivity index (χ2v) is 8.43. The van der Waals surface area contributed by atoms with Crippen LogP contribution >= 0.6 is 15.9 Å². The third-order valence-electron chi connectivity index (χ3n) is 5.97. The van der Waals surface area contributed by atoms with Crippen LogP contribution in [0.4, 0.5) is 0 Å². The maximum atomic E-state index is 8.96. The highest BCUT2D eigenvalue weighted by atomic mass is 79.9. The lowest BCUT2D eigenvalue weighted by molar-refractivity contribution is 0.672. The maximum absolute atomic E-state index is 8.96. The van der Waals surface area contributed by atoms with Crippen LogP contribution in [0.5, 0.6) is 0 Å². The minimum atomic E-state index is -0.426. The average molecular weight is 481 g/mol. The molecule has 1 heterocycles. The molecule has 0 unspecified atom stereocenters. The number of hydrogen-bond acceptors (Lipinski definition) is 1. The van der Waals surface area contributed by atoms with E-state index < -0.39 is 24.2 Å². The molecular weight excluding hydrogens is 456 g/mol. The molecule has 0 radical (unpaired) electrons. The second kappa shape index (κ2) is 6.69. The van der Waals surface area contributed by atoms with E-state index in [9.17, 15) is 0 Å². The Morgan fingerprint density at radius 2 is 1.16 bits per heavy atom. The normalized spacial score (nSPS) is 15.4. The van der Waals surface area contributed by atoms with Gasteiger partial charge in [0.15, 0.2) is 0 Å². The molecule has 0 fully saturated rings. The summed E-state index contributed by atoms with van der Waals surface area (Å²) in [6.45, 7) is 0. The van der Waals surface area contributed by atoms with Crippen LogP contribution < -0.4 is 0 Å². The quantitative estimate of drug-likeness (QED) is 0.213. The zero-order chi connectivity index (χ0) is 28.2. The van der Waals surface area contributed by atoms with Gasteiger partial charge in [-0.2, -0.15) is 0 Å². The molecule has 0 aliphatic carbocycles. The molecule has 0 aliphatic heterocycles. The Labute approximate surface area is 204 Å². The van der Waals surface area contributed by atoms with E-state index in [1.165, 1.54) is 0 Å². The Balaban J connectivity index is 1.87. The minimum absolute atomic E-state index is 0.153. The van der Waals surface area contributed by atoms with E-state index in [0.29, 0.717) is 22.3 Å². The topological polar surface area (TPSA) is 13.1 Å². The Hall–Kier alpha value is -3.62. The van der Waals surface area contributed by atoms with Gasteiger partial charge in [-0.3, -0.25) is 0 Å². The molecule has 0 amide bonds. The van der Waals surface area contributed by atoms with Crippen LogP contribution in [0.3, 0.4) is 0 Å². The van der Waals surface area contributed by atoms with E-state index in [2.05, 4.69) is 15.9 Å². The second-order valence-electron chi connectivity index (χ2n) is 7.63. The van der Waals surface area contributed by atoms with Gasteiger partial charge in [-0.25, -0.2) is 0 Å². The Kier molecular flexibility index (Phi) is 2.48. The highest BCUT2D eigenvalue weighted by molar-refractivity contribution is 9.10. The SMILES string of the molecule is [2H]c1c([2H])c([2H])c2c(-c3cc4c5ccccc5oc4c4ccccc34)c3c([2H])c([2H])c([2H])c([2H])c3c(Br)c2c1[2H]. The molecule has 32 heavy (non-hydrogen) atoms. The number of rotatable bonds is 1. The molecule has 2 heteroatoms. The van der Waals surface area contributed by atoms with Crippen molar-refractivity contribution in [1.29, 1.82) is 0 Å². The average Bonchev–Trinajstić information content (AvgIpc) is 3.34. The Morgan fingerprint density at radius 1 is 0.594 bits per heavy atom. The Morgan fingerprint density at radius 3 is 1.84 bits per heavy atom. The van der Waals surface area contributed by atoms with Gasteiger partial charge in [-0.05, 0) is 66.1 Å². The summed E-state index contributed by atoms with van der Waals surface area (Å²) in [5.74, 6) is 0. The first-order chi connectivity index (χ1) is 19.1. The molecule has 150 valence electrons. The number of halogens is 1. The number of benzene rings is 6. The molecule has 0 bridgehead atoms. The highest BCUT2D eigenvalue weighted by Gasteiger charge is 2.19. The van der Waals surface area contributed by atoms with Crippen molar-refractivity contribution in [2.45, 2.75) is 0 Å². The van der Waals surface area contributed by atoms with Gasteiger partial charge in [-0.15, -0.1) is 0 Å². The summed E-state index contributed by atoms with van der Waals surface area (Å²) in [6.07, 6.45) is 0. The summed E-state index contributed by atoms with van der Waals surface area (Å²) in [5.41, 5.74) is 2.24. The molecule has 0 N–H and O–H groups in total. The minimum Gasteiger partial charge on any atom is -0.455 e. The van der Waals surface area contributed by atoms with Crippen molar-refractivity contribution in [1.82, 2.24) is 0 Å². The number of para-hydroxylation sites is 1. The standard InChI is InChI=1S/C30H17BrO/c31-29-22-13-4-2-11-20(22)28(21-12-3-5-14-23(21)29)25-17-26-19-10-7-8-16-27(19)32-30(26)24-15-6-1-9-18(24)25/h1-17H/i2D,3D,4D,5D,11D,12D,13D,14D. The lowest BCUT2D eigenvalue weighted by Gasteiger charge is -2.16. The zero-order valence-electron chi connectivity index (χ0n) is 24.5. The first kappa shape index (κ1) is 11.8. The lowest BCUT2D eigenvalue weighted by Crippen LogP contribution is -1.89. The van der Waals surface area contributed by atoms with Gasteiger partial charge >= 0.3 is 0 Å². The van der Waals surface area contributed by atoms with Crippen LogP contribution in [-0.2, 0) is 0 Å². The maximum Gasteiger partial charge on any atom is 0.143 e. The highest BCUT2D eigenvalue weighted by Crippen LogP contribution is 2.46. The number of furan rings is 1. The molecule has 1 aromatic heterocycles. The third kappa shape index (κ3) is 2.39. The molecule has 0 saturated heterocycles. The molecule has 1 nitrogen and oxygen atoms in total. The summed E-state index contributed by atoms with van der Waals surface area (Å²) >= 11 is 3.48. The van der Waals surface area contributed by atoms with Crippen LogP contribution in [0.1, 0.15) is 11.0 Å². The van der Waals surface area contributed by atoms with E-state index >= 15 is 0 Å². The van der Waals surface area contributed by atoms with E-state index in [1.54, 1.807) is 0 Å². The lowest BCUT2D eigenvalue weighted by atomic mass is 9.88. The smallest absolute Gasteiger partial charge is 0.143 e. The molecule has 0 atom stereocenters. The summed E-state index contributed by atoms with van der Waals surface area (Å²) < 4.78 is 75.6. The molecule has 7 rings (SSSR count). The Bertz CT molecular complexity index is 2190. The van der Waals surface area contributed by atoms with E-state index in [0.717, 1.165) is 21.5 Å². The fraction of sp³-hybridized carbons (Fsp3) is 0. The van der Waals surface area contributed by atoms with Gasteiger partial charge < -0.3 is 4.42 Å². The van der Waals surface area contributed by atoms with E-state index in [-0.39, 0.29) is 50.2 Å². The monoisotopic (exact) mass is 480 g/mol. The van der Waals surface area contributed by atoms with Crippen molar-refractivity contribution in [2.24, 2.45) is 0 Å². The summed E-state index contributed by atoms with van der Waals surface area (Å²) in [6, 6.07) is 14.2. The van der Waals surface area contributed by atoms with Crippen molar-refractivity contribution >= 4 is 70.2 Å². The van der Waals surface area contributed by atoms with Crippen LogP contribution in [-0.4, -0.2) is 0 Å². The molecule has 0 aliphatic rings. The van der Waals surface area contributed by atoms with Crippen molar-refractivity contribution < 1.29 is 15.4 Å². The molecule has 7 aromatic rings. The van der Waals surface area contributed by atoms with Crippen molar-refractivity contribution in [3.05, 3.63) is 107 Å². The fourth-order valence-corrected chi connectivity index (χ4v) is 5.20. The van der Waals surface area contributed by atoms with Gasteiger partial charge in [0.1, 0.15) is 11.2 Å². The molecule has 0 spiro atoms. The predicted molar refractivity (Wildman–Crippen MR) is 139 cm³/mol. The van der Waals surface area contributed by atoms with E-state index in [4.69, 9.17) is 15.4 Å². The number of fused-ring (bicyclic) bond motifs is 7. The van der Waals surface area contributed by atoms with Crippen molar-refractivity contribution in [3.63, 3.8) is 0 Å². The molecule has 6 aromatic carbocycles. The fourth-order valence-electron chi connectivity index (χ4n) is 4.60. The van der Waals surface area contributed by atoms with Crippen molar-refractivity contribution in [3.8, 4) is 11.1 Å². The molecular formula is C30H17BrO. The first-order valence-electron chi connectivity index (χ1n) is 14.1. The zero-order valence-corrected chi connectivity index (χ0v) is 18.1. The summed E-state index contributed by atoms with van der Waals surface area (Å²) in [7, 11) is 0. The van der Waals surface area contributed by atoms with Crippen molar-refractivity contribution in [2.75, 3.05) is 0 Å². The largest absolute Gasteiger partial charge is 0.455 e. The van der Waals surface area contributed by atoms with Crippen LogP contribution in [0.15, 0.2) is 112 Å². The molecule has 0 saturated carbocycles. The summed E-state index contributed by atoms with van der Waals surface area (Å²) in [4.78, 5) is 0. The van der Waals surface area contributed by atoms with Gasteiger partial charge in [0.2, 0.25) is 0 Å². The van der Waals surface area contributed by atoms with Gasteiger partial charge in [0.05, 0.1) is 11.0 Å². The van der Waals surface area contributed by atoms with Gasteiger partial charge in [0, 0.05) is 20.6 Å². The van der Waals surface area contributed by atoms with Crippen LogP contribution in [0.2, 0.25) is 0 Å². The van der Waals surface area contributed by atoms with Gasteiger partial charge in [-0.1, -0.05) is 90.8 Å². The van der Waals surface area contributed by atoms with Gasteiger partial charge in [0.25, 0.3) is 0 Å². The first-order valence-corrected chi connectivity index (χ1v) is 10.9. The summed E-state index contributed by atoms with van der Waals surface area (Å²) in [5, 5.41) is 3.80.